The fraction of sp³-hybridized carbons (Fsp3) is 0.438. The molecular weight excluding hydrogens is 238 g/mol. The topological polar surface area (TPSA) is 12.4 Å². The van der Waals surface area contributed by atoms with E-state index in [2.05, 4.69) is 35.5 Å². The maximum Gasteiger partial charge on any atom is 0.0369 e. The van der Waals surface area contributed by atoms with Crippen LogP contribution in [0, 0.1) is 5.92 Å². The fourth-order valence-corrected chi connectivity index (χ4v) is 3.93. The van der Waals surface area contributed by atoms with Gasteiger partial charge in [0.05, 0.1) is 0 Å². The highest BCUT2D eigenvalue weighted by molar-refractivity contribution is 8.03. The van der Waals surface area contributed by atoms with Gasteiger partial charge in [0.15, 0.2) is 0 Å². The van der Waals surface area contributed by atoms with Gasteiger partial charge in [-0.15, -0.1) is 0 Å². The van der Waals surface area contributed by atoms with Gasteiger partial charge in [0, 0.05) is 27.8 Å². The lowest BCUT2D eigenvalue weighted by molar-refractivity contribution is 0.551. The number of allylic oxidation sites excluding steroid dienone is 1. The van der Waals surface area contributed by atoms with E-state index >= 15 is 0 Å². The molecule has 0 spiro atoms. The summed E-state index contributed by atoms with van der Waals surface area (Å²) in [4.78, 5) is 7.32. The SMILES string of the molecule is C1=NC=C(C2CCCCCC2)Sc2ccccc21. The Hall–Kier alpha value is -1.02. The van der Waals surface area contributed by atoms with Crippen molar-refractivity contribution in [3.05, 3.63) is 40.9 Å². The molecule has 2 heteroatoms. The number of benzene rings is 1. The van der Waals surface area contributed by atoms with Gasteiger partial charge in [0.2, 0.25) is 0 Å². The van der Waals surface area contributed by atoms with Crippen molar-refractivity contribution in [2.45, 2.75) is 43.4 Å². The largest absolute Gasteiger partial charge is 0.263 e. The Morgan fingerprint density at radius 3 is 2.61 bits per heavy atom. The first-order valence-corrected chi connectivity index (χ1v) is 7.75. The maximum atomic E-state index is 4.49. The van der Waals surface area contributed by atoms with Crippen molar-refractivity contribution in [3.8, 4) is 0 Å². The van der Waals surface area contributed by atoms with Crippen molar-refractivity contribution < 1.29 is 0 Å². The van der Waals surface area contributed by atoms with Crippen LogP contribution >= 0.6 is 11.8 Å². The third-order valence-electron chi connectivity index (χ3n) is 3.82. The first kappa shape index (κ1) is 12.0. The normalized spacial score (nSPS) is 20.8. The predicted molar refractivity (Wildman–Crippen MR) is 79.2 cm³/mol. The molecule has 1 aliphatic heterocycles. The summed E-state index contributed by atoms with van der Waals surface area (Å²) >= 11 is 1.93. The van der Waals surface area contributed by atoms with Gasteiger partial charge in [0.25, 0.3) is 0 Å². The number of thioether (sulfide) groups is 1. The molecule has 0 unspecified atom stereocenters. The molecule has 1 saturated carbocycles. The molecule has 94 valence electrons. The lowest BCUT2D eigenvalue weighted by Crippen LogP contribution is -2.00. The molecule has 0 amide bonds. The molecule has 1 aromatic carbocycles. The van der Waals surface area contributed by atoms with Gasteiger partial charge in [0.1, 0.15) is 0 Å². The van der Waals surface area contributed by atoms with Crippen molar-refractivity contribution in [2.75, 3.05) is 0 Å². The van der Waals surface area contributed by atoms with E-state index in [4.69, 9.17) is 0 Å². The Balaban J connectivity index is 1.82. The van der Waals surface area contributed by atoms with E-state index in [0.29, 0.717) is 0 Å². The van der Waals surface area contributed by atoms with Gasteiger partial charge < -0.3 is 0 Å². The van der Waals surface area contributed by atoms with Crippen LogP contribution in [0.25, 0.3) is 0 Å². The first-order chi connectivity index (χ1) is 8.93. The minimum absolute atomic E-state index is 0.737. The van der Waals surface area contributed by atoms with Crippen molar-refractivity contribution in [3.63, 3.8) is 0 Å². The Morgan fingerprint density at radius 1 is 1.00 bits per heavy atom. The van der Waals surface area contributed by atoms with E-state index < -0.39 is 0 Å². The van der Waals surface area contributed by atoms with Gasteiger partial charge in [-0.1, -0.05) is 55.6 Å². The van der Waals surface area contributed by atoms with Gasteiger partial charge in [-0.2, -0.15) is 0 Å². The molecule has 2 aliphatic rings. The smallest absolute Gasteiger partial charge is 0.0369 e. The molecule has 0 atom stereocenters. The molecule has 0 bridgehead atoms. The number of aliphatic imine (C=N–C) groups is 1. The molecule has 0 N–H and O–H groups in total. The Bertz CT molecular complexity index is 468. The first-order valence-electron chi connectivity index (χ1n) is 6.93. The standard InChI is InChI=1S/C16H19NS/c1-2-4-8-13(7-3-1)16-12-17-11-14-9-5-6-10-15(14)18-16/h5-6,9-13H,1-4,7-8H2. The molecule has 0 radical (unpaired) electrons. The summed E-state index contributed by atoms with van der Waals surface area (Å²) < 4.78 is 0. The van der Waals surface area contributed by atoms with Crippen LogP contribution in [0.15, 0.2) is 45.3 Å². The number of hydrogen-bond donors (Lipinski definition) is 0. The summed E-state index contributed by atoms with van der Waals surface area (Å²) in [5.41, 5.74) is 1.25. The van der Waals surface area contributed by atoms with Gasteiger partial charge >= 0.3 is 0 Å². The molecular formula is C16H19NS. The van der Waals surface area contributed by atoms with E-state index in [1.807, 2.05) is 18.0 Å². The lowest BCUT2D eigenvalue weighted by Gasteiger charge is -2.17. The van der Waals surface area contributed by atoms with E-state index in [0.717, 1.165) is 5.92 Å². The molecule has 0 saturated heterocycles. The zero-order valence-corrected chi connectivity index (χ0v) is 11.5. The van der Waals surface area contributed by atoms with Crippen molar-refractivity contribution in [1.29, 1.82) is 0 Å². The average Bonchev–Trinajstić information content (AvgIpc) is 2.79. The highest BCUT2D eigenvalue weighted by atomic mass is 32.2. The molecule has 3 rings (SSSR count). The van der Waals surface area contributed by atoms with Crippen LogP contribution in [0.5, 0.6) is 0 Å². The Kier molecular flexibility index (Phi) is 3.84. The highest BCUT2D eigenvalue weighted by Gasteiger charge is 2.19. The van der Waals surface area contributed by atoms with Crippen LogP contribution in [-0.4, -0.2) is 6.21 Å². The van der Waals surface area contributed by atoms with Crippen LogP contribution in [0.1, 0.15) is 44.1 Å². The quantitative estimate of drug-likeness (QED) is 0.643. The van der Waals surface area contributed by atoms with Crippen molar-refractivity contribution in [2.24, 2.45) is 10.9 Å². The molecule has 1 nitrogen and oxygen atoms in total. The Labute approximate surface area is 113 Å². The highest BCUT2D eigenvalue weighted by Crippen LogP contribution is 2.40. The molecule has 18 heavy (non-hydrogen) atoms. The number of fused-ring (bicyclic) bond motifs is 1. The minimum Gasteiger partial charge on any atom is -0.263 e. The van der Waals surface area contributed by atoms with E-state index in [-0.39, 0.29) is 0 Å². The van der Waals surface area contributed by atoms with Crippen LogP contribution < -0.4 is 0 Å². The maximum absolute atomic E-state index is 4.49. The van der Waals surface area contributed by atoms with Crippen molar-refractivity contribution >= 4 is 18.0 Å². The number of nitrogens with zero attached hydrogens (tertiary/aromatic N) is 1. The fourth-order valence-electron chi connectivity index (χ4n) is 2.78. The molecule has 1 aromatic rings. The Morgan fingerprint density at radius 2 is 1.78 bits per heavy atom. The molecule has 0 aromatic heterocycles. The van der Waals surface area contributed by atoms with Gasteiger partial charge in [-0.3, -0.25) is 4.99 Å². The van der Waals surface area contributed by atoms with Crippen molar-refractivity contribution in [1.82, 2.24) is 0 Å². The predicted octanol–water partition coefficient (Wildman–Crippen LogP) is 5.02. The third kappa shape index (κ3) is 2.69. The monoisotopic (exact) mass is 257 g/mol. The molecule has 1 aliphatic carbocycles. The van der Waals surface area contributed by atoms with E-state index in [1.165, 1.54) is 53.9 Å². The minimum atomic E-state index is 0.737. The summed E-state index contributed by atoms with van der Waals surface area (Å²) in [6, 6.07) is 8.56. The van der Waals surface area contributed by atoms with E-state index in [1.54, 1.807) is 0 Å². The average molecular weight is 257 g/mol. The van der Waals surface area contributed by atoms with Crippen LogP contribution in [0.3, 0.4) is 0 Å². The van der Waals surface area contributed by atoms with Gasteiger partial charge in [-0.25, -0.2) is 0 Å². The summed E-state index contributed by atoms with van der Waals surface area (Å²) in [6.45, 7) is 0. The second-order valence-corrected chi connectivity index (χ2v) is 6.25. The van der Waals surface area contributed by atoms with Crippen LogP contribution in [-0.2, 0) is 0 Å². The second-order valence-electron chi connectivity index (χ2n) is 5.14. The van der Waals surface area contributed by atoms with E-state index in [9.17, 15) is 0 Å². The summed E-state index contributed by atoms with van der Waals surface area (Å²) in [6.07, 6.45) is 12.4. The number of rotatable bonds is 1. The van der Waals surface area contributed by atoms with Gasteiger partial charge in [-0.05, 0) is 24.8 Å². The number of hydrogen-bond acceptors (Lipinski definition) is 2. The summed E-state index contributed by atoms with van der Waals surface area (Å²) in [5.74, 6) is 0.737. The summed E-state index contributed by atoms with van der Waals surface area (Å²) in [7, 11) is 0. The lowest BCUT2D eigenvalue weighted by atomic mass is 10.0. The zero-order chi connectivity index (χ0) is 12.2. The van der Waals surface area contributed by atoms with Crippen LogP contribution in [0.4, 0.5) is 0 Å². The molecule has 1 heterocycles. The summed E-state index contributed by atoms with van der Waals surface area (Å²) in [5, 5.41) is 0. The molecule has 1 fully saturated rings. The van der Waals surface area contributed by atoms with Crippen LogP contribution in [0.2, 0.25) is 0 Å². The third-order valence-corrected chi connectivity index (χ3v) is 5.09. The zero-order valence-electron chi connectivity index (χ0n) is 10.6. The second kappa shape index (κ2) is 5.75.